The Labute approximate surface area is 100 Å². The Kier molecular flexibility index (Phi) is 2.82. The molecule has 17 heavy (non-hydrogen) atoms. The number of rotatable bonds is 1. The number of nitrogens with two attached hydrogens (primary N) is 1. The third kappa shape index (κ3) is 2.05. The van der Waals surface area contributed by atoms with Gasteiger partial charge in [0, 0.05) is 38.2 Å². The normalized spacial score (nSPS) is 20.1. The summed E-state index contributed by atoms with van der Waals surface area (Å²) in [6, 6.07) is 0. The molecule has 0 amide bonds. The summed E-state index contributed by atoms with van der Waals surface area (Å²) < 4.78 is 5.36. The molecule has 0 atom stereocenters. The van der Waals surface area contributed by atoms with Gasteiger partial charge in [0.15, 0.2) is 0 Å². The highest BCUT2D eigenvalue weighted by Gasteiger charge is 2.22. The van der Waals surface area contributed by atoms with Crippen molar-refractivity contribution in [2.24, 2.45) is 0 Å². The van der Waals surface area contributed by atoms with Crippen molar-refractivity contribution < 1.29 is 4.74 Å². The molecule has 0 bridgehead atoms. The van der Waals surface area contributed by atoms with Gasteiger partial charge in [-0.2, -0.15) is 4.98 Å². The fraction of sp³-hybridized carbons (Fsp3) is 0.636. The third-order valence-corrected chi connectivity index (χ3v) is 3.24. The van der Waals surface area contributed by atoms with Gasteiger partial charge >= 0.3 is 0 Å². The van der Waals surface area contributed by atoms with Crippen LogP contribution in [0.25, 0.3) is 0 Å². The lowest BCUT2D eigenvalue weighted by Crippen LogP contribution is -2.39. The maximum Gasteiger partial charge on any atom is 0.222 e. The Morgan fingerprint density at radius 1 is 1.24 bits per heavy atom. The number of hydrogen-bond donors (Lipinski definition) is 2. The molecule has 0 saturated carbocycles. The fourth-order valence-corrected chi connectivity index (χ4v) is 2.38. The van der Waals surface area contributed by atoms with Gasteiger partial charge in [0.2, 0.25) is 5.95 Å². The van der Waals surface area contributed by atoms with E-state index in [-0.39, 0.29) is 0 Å². The van der Waals surface area contributed by atoms with Crippen LogP contribution in [0.1, 0.15) is 11.3 Å². The molecule has 6 nitrogen and oxygen atoms in total. The zero-order chi connectivity index (χ0) is 11.7. The van der Waals surface area contributed by atoms with E-state index in [1.807, 2.05) is 0 Å². The number of ether oxygens (including phenoxy) is 1. The second-order valence-corrected chi connectivity index (χ2v) is 4.36. The van der Waals surface area contributed by atoms with Crippen LogP contribution in [0.4, 0.5) is 11.8 Å². The van der Waals surface area contributed by atoms with Crippen molar-refractivity contribution in [3.8, 4) is 0 Å². The Balaban J connectivity index is 1.98. The quantitative estimate of drug-likeness (QED) is 0.686. The number of fused-ring (bicyclic) bond motifs is 1. The van der Waals surface area contributed by atoms with Crippen molar-refractivity contribution in [1.82, 2.24) is 15.3 Å². The maximum absolute atomic E-state index is 5.79. The molecule has 0 spiro atoms. The molecular formula is C11H17N5O. The molecule has 3 rings (SSSR count). The zero-order valence-corrected chi connectivity index (χ0v) is 9.78. The average molecular weight is 235 g/mol. The Morgan fingerprint density at radius 3 is 2.88 bits per heavy atom. The van der Waals surface area contributed by atoms with Gasteiger partial charge in [-0.25, -0.2) is 4.98 Å². The number of morpholine rings is 1. The summed E-state index contributed by atoms with van der Waals surface area (Å²) in [5, 5.41) is 3.36. The van der Waals surface area contributed by atoms with E-state index < -0.39 is 0 Å². The van der Waals surface area contributed by atoms with E-state index in [9.17, 15) is 0 Å². The first-order chi connectivity index (χ1) is 8.34. The molecule has 0 unspecified atom stereocenters. The Morgan fingerprint density at radius 2 is 2.06 bits per heavy atom. The minimum Gasteiger partial charge on any atom is -0.378 e. The van der Waals surface area contributed by atoms with E-state index in [2.05, 4.69) is 20.2 Å². The molecule has 6 heteroatoms. The number of anilines is 2. The van der Waals surface area contributed by atoms with Crippen LogP contribution in [0.3, 0.4) is 0 Å². The van der Waals surface area contributed by atoms with Crippen LogP contribution in [0.5, 0.6) is 0 Å². The summed E-state index contributed by atoms with van der Waals surface area (Å²) in [7, 11) is 0. The molecule has 3 heterocycles. The average Bonchev–Trinajstić information content (AvgIpc) is 2.39. The molecular weight excluding hydrogens is 218 g/mol. The first-order valence-corrected chi connectivity index (χ1v) is 6.03. The van der Waals surface area contributed by atoms with Gasteiger partial charge in [-0.15, -0.1) is 0 Å². The smallest absolute Gasteiger partial charge is 0.222 e. The monoisotopic (exact) mass is 235 g/mol. The lowest BCUT2D eigenvalue weighted by molar-refractivity contribution is 0.122. The van der Waals surface area contributed by atoms with Gasteiger partial charge in [-0.3, -0.25) is 0 Å². The Hall–Kier alpha value is -1.40. The van der Waals surface area contributed by atoms with Crippen molar-refractivity contribution >= 4 is 11.8 Å². The summed E-state index contributed by atoms with van der Waals surface area (Å²) in [5.74, 6) is 1.37. The van der Waals surface area contributed by atoms with Crippen molar-refractivity contribution in [2.75, 3.05) is 43.5 Å². The number of nitrogen functional groups attached to an aromatic ring is 1. The van der Waals surface area contributed by atoms with Gasteiger partial charge in [0.05, 0.1) is 18.9 Å². The molecule has 1 fully saturated rings. The number of nitrogens with one attached hydrogen (secondary N) is 1. The van der Waals surface area contributed by atoms with E-state index in [1.54, 1.807) is 0 Å². The summed E-state index contributed by atoms with van der Waals surface area (Å²) in [6.07, 6.45) is 0.930. The second kappa shape index (κ2) is 4.46. The number of hydrogen-bond acceptors (Lipinski definition) is 6. The molecule has 1 aromatic heterocycles. The molecule has 0 radical (unpaired) electrons. The van der Waals surface area contributed by atoms with Crippen molar-refractivity contribution in [3.05, 3.63) is 11.3 Å². The largest absolute Gasteiger partial charge is 0.378 e. The maximum atomic E-state index is 5.79. The molecule has 1 saturated heterocycles. The summed E-state index contributed by atoms with van der Waals surface area (Å²) in [4.78, 5) is 11.0. The van der Waals surface area contributed by atoms with Crippen LogP contribution in [-0.4, -0.2) is 42.8 Å². The zero-order valence-electron chi connectivity index (χ0n) is 9.78. The SMILES string of the molecule is Nc1nc2c(c(N3CCOCC3)n1)CNCC2. The predicted octanol–water partition coefficient (Wildman–Crippen LogP) is -0.459. The molecule has 0 aliphatic carbocycles. The summed E-state index contributed by atoms with van der Waals surface area (Å²) >= 11 is 0. The first-order valence-electron chi connectivity index (χ1n) is 6.03. The van der Waals surface area contributed by atoms with Crippen molar-refractivity contribution in [3.63, 3.8) is 0 Å². The minimum atomic E-state index is 0.382. The molecule has 92 valence electrons. The van der Waals surface area contributed by atoms with Gasteiger partial charge in [-0.1, -0.05) is 0 Å². The van der Waals surface area contributed by atoms with Gasteiger partial charge in [-0.05, 0) is 0 Å². The highest BCUT2D eigenvalue weighted by molar-refractivity contribution is 5.53. The van der Waals surface area contributed by atoms with Crippen LogP contribution in [-0.2, 0) is 17.7 Å². The van der Waals surface area contributed by atoms with Crippen molar-refractivity contribution in [1.29, 1.82) is 0 Å². The minimum absolute atomic E-state index is 0.382. The van der Waals surface area contributed by atoms with E-state index in [0.29, 0.717) is 5.95 Å². The Bertz CT molecular complexity index is 417. The first kappa shape index (κ1) is 10.7. The molecule has 2 aliphatic rings. The predicted molar refractivity (Wildman–Crippen MR) is 64.9 cm³/mol. The van der Waals surface area contributed by atoms with Crippen LogP contribution in [0.2, 0.25) is 0 Å². The van der Waals surface area contributed by atoms with Crippen LogP contribution in [0.15, 0.2) is 0 Å². The lowest BCUT2D eigenvalue weighted by atomic mass is 10.1. The van der Waals surface area contributed by atoms with Crippen LogP contribution in [0, 0.1) is 0 Å². The molecule has 2 aliphatic heterocycles. The third-order valence-electron chi connectivity index (χ3n) is 3.24. The van der Waals surface area contributed by atoms with Gasteiger partial charge in [0.25, 0.3) is 0 Å². The highest BCUT2D eigenvalue weighted by atomic mass is 16.5. The highest BCUT2D eigenvalue weighted by Crippen LogP contribution is 2.24. The fourth-order valence-electron chi connectivity index (χ4n) is 2.38. The van der Waals surface area contributed by atoms with E-state index >= 15 is 0 Å². The summed E-state index contributed by atoms with van der Waals surface area (Å²) in [6.45, 7) is 5.07. The number of aromatic nitrogens is 2. The van der Waals surface area contributed by atoms with E-state index in [4.69, 9.17) is 10.5 Å². The molecule has 3 N–H and O–H groups in total. The molecule has 1 aromatic rings. The van der Waals surface area contributed by atoms with Gasteiger partial charge in [0.1, 0.15) is 5.82 Å². The standard InChI is InChI=1S/C11H17N5O/c12-11-14-9-1-2-13-7-8(9)10(15-11)16-3-5-17-6-4-16/h13H,1-7H2,(H2,12,14,15). The van der Waals surface area contributed by atoms with E-state index in [1.165, 1.54) is 5.56 Å². The molecule has 0 aromatic carbocycles. The van der Waals surface area contributed by atoms with Crippen LogP contribution < -0.4 is 16.0 Å². The summed E-state index contributed by atoms with van der Waals surface area (Å²) in [5.41, 5.74) is 8.09. The second-order valence-electron chi connectivity index (χ2n) is 4.36. The lowest BCUT2D eigenvalue weighted by Gasteiger charge is -2.31. The van der Waals surface area contributed by atoms with E-state index in [0.717, 1.165) is 57.3 Å². The number of nitrogens with zero attached hydrogens (tertiary/aromatic N) is 3. The van der Waals surface area contributed by atoms with Crippen molar-refractivity contribution in [2.45, 2.75) is 13.0 Å². The topological polar surface area (TPSA) is 76.3 Å². The van der Waals surface area contributed by atoms with Crippen LogP contribution >= 0.6 is 0 Å². The van der Waals surface area contributed by atoms with Gasteiger partial charge < -0.3 is 20.7 Å².